The molecule has 0 aliphatic carbocycles. The first-order valence-corrected chi connectivity index (χ1v) is 14.1. The van der Waals surface area contributed by atoms with Gasteiger partial charge in [-0.2, -0.15) is 4.98 Å². The number of nitrogens with zero attached hydrogens (tertiary/aromatic N) is 5. The molecule has 5 aromatic rings. The molecule has 3 heterocycles. The fraction of sp³-hybridized carbons (Fsp3) is 0.250. The summed E-state index contributed by atoms with van der Waals surface area (Å²) in [4.78, 5) is 26.9. The molecule has 0 unspecified atom stereocenters. The van der Waals surface area contributed by atoms with Crippen molar-refractivity contribution in [3.63, 3.8) is 0 Å². The van der Waals surface area contributed by atoms with E-state index in [0.29, 0.717) is 72.1 Å². The highest BCUT2D eigenvalue weighted by Gasteiger charge is 2.28. The second-order valence-electron chi connectivity index (χ2n) is 10.5. The molecule has 0 atom stereocenters. The van der Waals surface area contributed by atoms with Crippen molar-refractivity contribution in [1.29, 1.82) is 0 Å². The van der Waals surface area contributed by atoms with Crippen molar-refractivity contribution >= 4 is 34.4 Å². The fourth-order valence-corrected chi connectivity index (χ4v) is 5.21. The number of carbonyl (C=O) groups is 1. The third-order valence-corrected chi connectivity index (χ3v) is 7.21. The van der Waals surface area contributed by atoms with E-state index in [9.17, 15) is 4.79 Å². The van der Waals surface area contributed by atoms with Gasteiger partial charge in [-0.25, -0.2) is 4.98 Å². The molecule has 1 saturated heterocycles. The maximum absolute atomic E-state index is 13.1. The molecule has 1 amide bonds. The summed E-state index contributed by atoms with van der Waals surface area (Å²) in [6, 6.07) is 24.5. The van der Waals surface area contributed by atoms with Gasteiger partial charge in [-0.05, 0) is 48.4 Å². The third-order valence-electron chi connectivity index (χ3n) is 6.98. The summed E-state index contributed by atoms with van der Waals surface area (Å²) in [5, 5.41) is 5.75. The summed E-state index contributed by atoms with van der Waals surface area (Å²) in [6.45, 7) is 6.60. The number of halogens is 1. The van der Waals surface area contributed by atoms with E-state index in [4.69, 9.17) is 30.8 Å². The first kappa shape index (κ1) is 26.8. The first-order valence-electron chi connectivity index (χ1n) is 13.7. The zero-order chi connectivity index (χ0) is 28.3. The number of rotatable bonds is 7. The molecular formula is C32H30ClN5O3. The molecule has 2 aromatic heterocycles. The van der Waals surface area contributed by atoms with Crippen LogP contribution in [-0.2, 0) is 6.42 Å². The average Bonchev–Trinajstić information content (AvgIpc) is 3.41. The number of aromatic nitrogens is 3. The lowest BCUT2D eigenvalue weighted by Gasteiger charge is -2.35. The summed E-state index contributed by atoms with van der Waals surface area (Å²) in [6.07, 6.45) is 0.715. The van der Waals surface area contributed by atoms with E-state index >= 15 is 0 Å². The van der Waals surface area contributed by atoms with E-state index in [2.05, 4.69) is 23.9 Å². The topological polar surface area (TPSA) is 84.6 Å². The minimum absolute atomic E-state index is 0.0265. The number of anilines is 1. The normalized spacial score (nSPS) is 13.7. The van der Waals surface area contributed by atoms with Gasteiger partial charge in [0.2, 0.25) is 0 Å². The van der Waals surface area contributed by atoms with Crippen LogP contribution in [0.1, 0.15) is 30.0 Å². The van der Waals surface area contributed by atoms with E-state index in [1.165, 1.54) is 0 Å². The highest BCUT2D eigenvalue weighted by atomic mass is 35.5. The highest BCUT2D eigenvalue weighted by Crippen LogP contribution is 2.36. The Kier molecular flexibility index (Phi) is 7.57. The minimum atomic E-state index is -0.0265. The van der Waals surface area contributed by atoms with Gasteiger partial charge in [0.15, 0.2) is 0 Å². The molecule has 0 saturated carbocycles. The van der Waals surface area contributed by atoms with Crippen molar-refractivity contribution in [3.8, 4) is 22.8 Å². The van der Waals surface area contributed by atoms with Crippen molar-refractivity contribution in [3.05, 3.63) is 95.3 Å². The monoisotopic (exact) mass is 567 g/mol. The van der Waals surface area contributed by atoms with Crippen LogP contribution in [0.15, 0.2) is 83.4 Å². The molecule has 8 nitrogen and oxygen atoms in total. The van der Waals surface area contributed by atoms with E-state index in [1.807, 2.05) is 59.5 Å². The van der Waals surface area contributed by atoms with Crippen molar-refractivity contribution in [1.82, 2.24) is 20.0 Å². The van der Waals surface area contributed by atoms with Gasteiger partial charge in [0.25, 0.3) is 11.6 Å². The van der Waals surface area contributed by atoms with Gasteiger partial charge in [-0.3, -0.25) is 4.79 Å². The summed E-state index contributed by atoms with van der Waals surface area (Å²) < 4.78 is 11.9. The number of hydrogen-bond donors (Lipinski definition) is 0. The lowest BCUT2D eigenvalue weighted by molar-refractivity contribution is 0.0746. The highest BCUT2D eigenvalue weighted by molar-refractivity contribution is 6.31. The number of benzene rings is 3. The number of amides is 1. The van der Waals surface area contributed by atoms with Crippen molar-refractivity contribution < 1.29 is 14.1 Å². The number of ether oxygens (including phenoxy) is 1. The Balaban J connectivity index is 1.32. The average molecular weight is 568 g/mol. The van der Waals surface area contributed by atoms with E-state index < -0.39 is 0 Å². The molecular weight excluding hydrogens is 538 g/mol. The van der Waals surface area contributed by atoms with Crippen LogP contribution < -0.4 is 9.64 Å². The van der Waals surface area contributed by atoms with Gasteiger partial charge in [0, 0.05) is 48.7 Å². The summed E-state index contributed by atoms with van der Waals surface area (Å²) in [7, 11) is 0. The quantitative estimate of drug-likeness (QED) is 0.212. The molecule has 1 aliphatic rings. The molecule has 208 valence electrons. The maximum Gasteiger partial charge on any atom is 0.263 e. The Bertz CT molecular complexity index is 1680. The van der Waals surface area contributed by atoms with Crippen LogP contribution in [0, 0.1) is 5.92 Å². The lowest BCUT2D eigenvalue weighted by Crippen LogP contribution is -2.49. The van der Waals surface area contributed by atoms with Crippen LogP contribution >= 0.6 is 11.6 Å². The van der Waals surface area contributed by atoms with Crippen molar-refractivity contribution in [2.45, 2.75) is 20.3 Å². The third kappa shape index (κ3) is 5.88. The number of fused-ring (bicyclic) bond motifs is 1. The van der Waals surface area contributed by atoms with Crippen molar-refractivity contribution in [2.75, 3.05) is 31.1 Å². The number of piperazine rings is 1. The van der Waals surface area contributed by atoms with Gasteiger partial charge >= 0.3 is 0 Å². The van der Waals surface area contributed by atoms with Gasteiger partial charge in [-0.15, -0.1) is 0 Å². The van der Waals surface area contributed by atoms with Crippen LogP contribution in [0.4, 0.5) is 5.82 Å². The number of hydrogen-bond acceptors (Lipinski definition) is 7. The van der Waals surface area contributed by atoms with E-state index in [0.717, 1.165) is 22.5 Å². The smallest absolute Gasteiger partial charge is 0.263 e. The predicted molar refractivity (Wildman–Crippen MR) is 160 cm³/mol. The lowest BCUT2D eigenvalue weighted by atomic mass is 10.1. The predicted octanol–water partition coefficient (Wildman–Crippen LogP) is 6.89. The second kappa shape index (κ2) is 11.6. The van der Waals surface area contributed by atoms with Crippen LogP contribution in [0.3, 0.4) is 0 Å². The van der Waals surface area contributed by atoms with Gasteiger partial charge in [0.1, 0.15) is 34.2 Å². The Labute approximate surface area is 243 Å². The Hall–Kier alpha value is -4.43. The summed E-state index contributed by atoms with van der Waals surface area (Å²) in [5.74, 6) is 3.28. The Morgan fingerprint density at radius 3 is 2.44 bits per heavy atom. The zero-order valence-corrected chi connectivity index (χ0v) is 23.7. The van der Waals surface area contributed by atoms with E-state index in [1.54, 1.807) is 24.3 Å². The molecule has 0 spiro atoms. The molecule has 3 aromatic carbocycles. The van der Waals surface area contributed by atoms with Crippen LogP contribution in [-0.4, -0.2) is 52.1 Å². The van der Waals surface area contributed by atoms with Gasteiger partial charge < -0.3 is 19.1 Å². The molecule has 1 aliphatic heterocycles. The minimum Gasteiger partial charge on any atom is -0.457 e. The van der Waals surface area contributed by atoms with Gasteiger partial charge in [-0.1, -0.05) is 67.0 Å². The summed E-state index contributed by atoms with van der Waals surface area (Å²) >= 11 is 6.13. The standard InChI is InChI=1S/C32H30ClN5O3/c1-21(2)18-27-34-30(37-14-16-38(17-15-37)32(39)23-9-6-10-24(33)19-23)28-29(36-41-31(28)35-27)22-8-7-13-26(20-22)40-25-11-4-3-5-12-25/h3-13,19-21H,14-18H2,1-2H3. The molecule has 6 rings (SSSR count). The largest absolute Gasteiger partial charge is 0.457 e. The first-order chi connectivity index (χ1) is 19.9. The zero-order valence-electron chi connectivity index (χ0n) is 23.0. The SMILES string of the molecule is CC(C)Cc1nc(N2CCN(C(=O)c3cccc(Cl)c3)CC2)c2c(-c3cccc(Oc4ccccc4)c3)noc2n1. The fourth-order valence-electron chi connectivity index (χ4n) is 5.02. The molecule has 0 radical (unpaired) electrons. The Morgan fingerprint density at radius 1 is 0.927 bits per heavy atom. The number of carbonyl (C=O) groups excluding carboxylic acids is 1. The molecule has 0 bridgehead atoms. The Morgan fingerprint density at radius 2 is 1.68 bits per heavy atom. The van der Waals surface area contributed by atoms with E-state index in [-0.39, 0.29) is 5.91 Å². The second-order valence-corrected chi connectivity index (χ2v) is 10.9. The maximum atomic E-state index is 13.1. The van der Waals surface area contributed by atoms with Crippen molar-refractivity contribution in [2.24, 2.45) is 5.92 Å². The molecule has 9 heteroatoms. The summed E-state index contributed by atoms with van der Waals surface area (Å²) in [5.41, 5.74) is 2.54. The van der Waals surface area contributed by atoms with Gasteiger partial charge in [0.05, 0.1) is 0 Å². The number of para-hydroxylation sites is 1. The van der Waals surface area contributed by atoms with Crippen LogP contribution in [0.5, 0.6) is 11.5 Å². The van der Waals surface area contributed by atoms with Crippen LogP contribution in [0.2, 0.25) is 5.02 Å². The van der Waals surface area contributed by atoms with Crippen LogP contribution in [0.25, 0.3) is 22.4 Å². The molecule has 0 N–H and O–H groups in total. The molecule has 1 fully saturated rings. The molecule has 41 heavy (non-hydrogen) atoms.